The first-order valence-corrected chi connectivity index (χ1v) is 7.66. The Bertz CT molecular complexity index is 442. The summed E-state index contributed by atoms with van der Waals surface area (Å²) in [5.41, 5.74) is -1.04. The Morgan fingerprint density at radius 2 is 2.05 bits per heavy atom. The zero-order valence-electron chi connectivity index (χ0n) is 13.8. The van der Waals surface area contributed by atoms with E-state index in [0.717, 1.165) is 19.3 Å². The minimum atomic E-state index is -0.551. The van der Waals surface area contributed by atoms with Gasteiger partial charge in [0.05, 0.1) is 19.1 Å². The maximum atomic E-state index is 12.2. The maximum absolute atomic E-state index is 12.2. The van der Waals surface area contributed by atoms with Crippen LogP contribution in [0.2, 0.25) is 0 Å². The van der Waals surface area contributed by atoms with Crippen LogP contribution in [0.1, 0.15) is 53.4 Å². The fraction of sp³-hybridized carbons (Fsp3) is 0.875. The Morgan fingerprint density at radius 3 is 2.62 bits per heavy atom. The normalized spacial score (nSPS) is 33.2. The summed E-state index contributed by atoms with van der Waals surface area (Å²) in [5, 5.41) is 0. The second kappa shape index (κ2) is 5.18. The van der Waals surface area contributed by atoms with Crippen LogP contribution in [0.3, 0.4) is 0 Å². The summed E-state index contributed by atoms with van der Waals surface area (Å²) in [6.07, 6.45) is 2.80. The van der Waals surface area contributed by atoms with Gasteiger partial charge in [0.15, 0.2) is 0 Å². The predicted octanol–water partition coefficient (Wildman–Crippen LogP) is 2.98. The van der Waals surface area contributed by atoms with Crippen molar-refractivity contribution in [2.75, 3.05) is 20.2 Å². The molecule has 0 N–H and O–H groups in total. The summed E-state index contributed by atoms with van der Waals surface area (Å²) >= 11 is 0. The molecule has 1 saturated carbocycles. The molecule has 1 heterocycles. The number of carbonyl (C=O) groups excluding carboxylic acids is 2. The number of carbonyl (C=O) groups is 2. The molecular formula is C16H27NO4. The molecule has 0 radical (unpaired) electrons. The summed E-state index contributed by atoms with van der Waals surface area (Å²) in [4.78, 5) is 26.0. The zero-order valence-corrected chi connectivity index (χ0v) is 13.8. The van der Waals surface area contributed by atoms with E-state index in [1.807, 2.05) is 6.92 Å². The van der Waals surface area contributed by atoms with Gasteiger partial charge in [-0.2, -0.15) is 0 Å². The van der Waals surface area contributed by atoms with Crippen LogP contribution in [0.5, 0.6) is 0 Å². The molecule has 2 aliphatic rings. The summed E-state index contributed by atoms with van der Waals surface area (Å²) in [6, 6.07) is 0. The van der Waals surface area contributed by atoms with Crippen LogP contribution in [0.15, 0.2) is 0 Å². The molecule has 2 unspecified atom stereocenters. The average molecular weight is 297 g/mol. The molecule has 0 aromatic rings. The van der Waals surface area contributed by atoms with Crippen LogP contribution in [-0.2, 0) is 14.3 Å². The van der Waals surface area contributed by atoms with Gasteiger partial charge in [0.2, 0.25) is 0 Å². The molecule has 1 aliphatic carbocycles. The highest BCUT2D eigenvalue weighted by Crippen LogP contribution is 2.47. The van der Waals surface area contributed by atoms with E-state index in [0.29, 0.717) is 19.5 Å². The number of esters is 1. The van der Waals surface area contributed by atoms with Crippen molar-refractivity contribution in [1.29, 1.82) is 0 Å². The molecule has 2 rings (SSSR count). The summed E-state index contributed by atoms with van der Waals surface area (Å²) in [5.74, 6) is -0.202. The fourth-order valence-corrected chi connectivity index (χ4v) is 3.72. The Kier molecular flexibility index (Phi) is 3.98. The number of methoxy groups -OCH3 is 1. The van der Waals surface area contributed by atoms with Crippen LogP contribution < -0.4 is 0 Å². The molecule has 1 saturated heterocycles. The Morgan fingerprint density at radius 1 is 1.38 bits per heavy atom. The molecular weight excluding hydrogens is 270 g/mol. The molecule has 2 atom stereocenters. The molecule has 0 bridgehead atoms. The smallest absolute Gasteiger partial charge is 0.410 e. The number of amides is 1. The van der Waals surface area contributed by atoms with Gasteiger partial charge >= 0.3 is 12.1 Å². The van der Waals surface area contributed by atoms with Crippen LogP contribution in [-0.4, -0.2) is 42.8 Å². The summed E-state index contributed by atoms with van der Waals surface area (Å²) in [6.45, 7) is 9.47. The highest BCUT2D eigenvalue weighted by molar-refractivity contribution is 5.77. The first-order valence-electron chi connectivity index (χ1n) is 7.66. The molecule has 0 aromatic heterocycles. The quantitative estimate of drug-likeness (QED) is 0.735. The number of hydrogen-bond donors (Lipinski definition) is 0. The van der Waals surface area contributed by atoms with Crippen molar-refractivity contribution in [3.05, 3.63) is 0 Å². The highest BCUT2D eigenvalue weighted by Gasteiger charge is 2.54. The lowest BCUT2D eigenvalue weighted by atomic mass is 9.68. The minimum absolute atomic E-state index is 0.0326. The van der Waals surface area contributed by atoms with E-state index < -0.39 is 11.0 Å². The standard InChI is InChI=1S/C16H27NO4/c1-14(2,3)10-17-11-16(21-13(17)19)8-6-7-15(4,9-16)12(18)20-5/h6-11H2,1-5H3. The van der Waals surface area contributed by atoms with Crippen molar-refractivity contribution in [2.45, 2.75) is 59.0 Å². The first-order chi connectivity index (χ1) is 9.59. The van der Waals surface area contributed by atoms with Crippen LogP contribution in [0.25, 0.3) is 0 Å². The lowest BCUT2D eigenvalue weighted by Crippen LogP contribution is -2.47. The number of hydrogen-bond acceptors (Lipinski definition) is 4. The molecule has 1 spiro atoms. The van der Waals surface area contributed by atoms with Gasteiger partial charge in [0.25, 0.3) is 0 Å². The van der Waals surface area contributed by atoms with E-state index in [-0.39, 0.29) is 17.5 Å². The van der Waals surface area contributed by atoms with Gasteiger partial charge in [0, 0.05) is 13.0 Å². The Hall–Kier alpha value is -1.26. The summed E-state index contributed by atoms with van der Waals surface area (Å²) < 4.78 is 10.7. The van der Waals surface area contributed by atoms with E-state index in [9.17, 15) is 9.59 Å². The number of nitrogens with zero attached hydrogens (tertiary/aromatic N) is 1. The monoisotopic (exact) mass is 297 g/mol. The SMILES string of the molecule is COC(=O)C1(C)CCCC2(CN(CC(C)(C)C)C(=O)O2)C1. The Balaban J connectivity index is 2.13. The lowest BCUT2D eigenvalue weighted by molar-refractivity contribution is -0.158. The van der Waals surface area contributed by atoms with Gasteiger partial charge in [-0.3, -0.25) is 4.79 Å². The molecule has 1 amide bonds. The topological polar surface area (TPSA) is 55.8 Å². The van der Waals surface area contributed by atoms with Gasteiger partial charge in [-0.1, -0.05) is 20.8 Å². The Labute approximate surface area is 127 Å². The van der Waals surface area contributed by atoms with E-state index >= 15 is 0 Å². The van der Waals surface area contributed by atoms with Crippen LogP contribution in [0, 0.1) is 10.8 Å². The van der Waals surface area contributed by atoms with E-state index in [2.05, 4.69) is 20.8 Å². The van der Waals surface area contributed by atoms with Crippen LogP contribution >= 0.6 is 0 Å². The van der Waals surface area contributed by atoms with Gasteiger partial charge in [-0.15, -0.1) is 0 Å². The molecule has 5 heteroatoms. The van der Waals surface area contributed by atoms with Crippen molar-refractivity contribution >= 4 is 12.1 Å². The lowest BCUT2D eigenvalue weighted by Gasteiger charge is -2.41. The molecule has 5 nitrogen and oxygen atoms in total. The third-order valence-corrected chi connectivity index (χ3v) is 4.46. The zero-order chi connectivity index (χ0) is 15.9. The molecule has 0 aromatic carbocycles. The first kappa shape index (κ1) is 16.1. The largest absolute Gasteiger partial charge is 0.469 e. The average Bonchev–Trinajstić information content (AvgIpc) is 2.61. The van der Waals surface area contributed by atoms with E-state index in [1.165, 1.54) is 7.11 Å². The third-order valence-electron chi connectivity index (χ3n) is 4.46. The van der Waals surface area contributed by atoms with Crippen molar-refractivity contribution < 1.29 is 19.1 Å². The number of ether oxygens (including phenoxy) is 2. The van der Waals surface area contributed by atoms with Crippen molar-refractivity contribution in [3.63, 3.8) is 0 Å². The van der Waals surface area contributed by atoms with Crippen molar-refractivity contribution in [2.24, 2.45) is 10.8 Å². The van der Waals surface area contributed by atoms with Gasteiger partial charge in [0.1, 0.15) is 5.60 Å². The van der Waals surface area contributed by atoms with E-state index in [1.54, 1.807) is 4.90 Å². The van der Waals surface area contributed by atoms with Gasteiger partial charge in [-0.25, -0.2) is 4.79 Å². The van der Waals surface area contributed by atoms with Gasteiger partial charge in [-0.05, 0) is 31.6 Å². The molecule has 120 valence electrons. The second-order valence-electron chi connectivity index (χ2n) is 8.05. The highest BCUT2D eigenvalue weighted by atomic mass is 16.6. The molecule has 2 fully saturated rings. The van der Waals surface area contributed by atoms with Crippen LogP contribution in [0.4, 0.5) is 4.79 Å². The minimum Gasteiger partial charge on any atom is -0.469 e. The summed E-state index contributed by atoms with van der Waals surface area (Å²) in [7, 11) is 1.42. The van der Waals surface area contributed by atoms with Gasteiger partial charge < -0.3 is 14.4 Å². The number of rotatable bonds is 2. The third kappa shape index (κ3) is 3.33. The fourth-order valence-electron chi connectivity index (χ4n) is 3.72. The second-order valence-corrected chi connectivity index (χ2v) is 8.05. The van der Waals surface area contributed by atoms with E-state index in [4.69, 9.17) is 9.47 Å². The van der Waals surface area contributed by atoms with Crippen molar-refractivity contribution in [1.82, 2.24) is 4.90 Å². The molecule has 1 aliphatic heterocycles. The maximum Gasteiger partial charge on any atom is 0.410 e. The predicted molar refractivity (Wildman–Crippen MR) is 78.8 cm³/mol. The van der Waals surface area contributed by atoms with Crippen molar-refractivity contribution in [3.8, 4) is 0 Å². The molecule has 21 heavy (non-hydrogen) atoms.